The van der Waals surface area contributed by atoms with E-state index in [0.29, 0.717) is 5.88 Å². The zero-order chi connectivity index (χ0) is 13.4. The SMILES string of the molecule is COc1cc(C)c(-c2cccc3c2CCC3)c(C)n1. The van der Waals surface area contributed by atoms with Crippen LogP contribution in [0.2, 0.25) is 0 Å². The van der Waals surface area contributed by atoms with E-state index in [1.54, 1.807) is 7.11 Å². The predicted octanol–water partition coefficient (Wildman–Crippen LogP) is 3.86. The summed E-state index contributed by atoms with van der Waals surface area (Å²) in [6.07, 6.45) is 3.68. The average Bonchev–Trinajstić information content (AvgIpc) is 2.86. The molecule has 0 amide bonds. The quantitative estimate of drug-likeness (QED) is 0.810. The first kappa shape index (κ1) is 12.2. The smallest absolute Gasteiger partial charge is 0.213 e. The van der Waals surface area contributed by atoms with Gasteiger partial charge in [0, 0.05) is 17.3 Å². The van der Waals surface area contributed by atoms with Gasteiger partial charge in [0.15, 0.2) is 0 Å². The highest BCUT2D eigenvalue weighted by Gasteiger charge is 2.18. The summed E-state index contributed by atoms with van der Waals surface area (Å²) in [6.45, 7) is 4.21. The van der Waals surface area contributed by atoms with Crippen molar-refractivity contribution in [1.82, 2.24) is 4.98 Å². The molecule has 0 fully saturated rings. The van der Waals surface area contributed by atoms with Crippen LogP contribution < -0.4 is 4.74 Å². The Morgan fingerprint density at radius 2 is 2.00 bits per heavy atom. The van der Waals surface area contributed by atoms with Gasteiger partial charge in [0.1, 0.15) is 0 Å². The zero-order valence-electron chi connectivity index (χ0n) is 11.8. The topological polar surface area (TPSA) is 22.1 Å². The molecule has 2 nitrogen and oxygen atoms in total. The van der Waals surface area contributed by atoms with Crippen LogP contribution in [0.4, 0.5) is 0 Å². The maximum Gasteiger partial charge on any atom is 0.213 e. The van der Waals surface area contributed by atoms with Gasteiger partial charge in [0.05, 0.1) is 7.11 Å². The van der Waals surface area contributed by atoms with E-state index in [1.807, 2.05) is 6.07 Å². The van der Waals surface area contributed by atoms with Crippen molar-refractivity contribution in [3.63, 3.8) is 0 Å². The third kappa shape index (κ3) is 2.01. The molecular formula is C17H19NO. The van der Waals surface area contributed by atoms with Crippen molar-refractivity contribution in [2.45, 2.75) is 33.1 Å². The predicted molar refractivity (Wildman–Crippen MR) is 77.7 cm³/mol. The molecule has 19 heavy (non-hydrogen) atoms. The van der Waals surface area contributed by atoms with E-state index in [1.165, 1.54) is 47.1 Å². The Hall–Kier alpha value is -1.83. The van der Waals surface area contributed by atoms with Gasteiger partial charge in [-0.1, -0.05) is 18.2 Å². The molecule has 3 rings (SSSR count). The molecule has 0 bridgehead atoms. The maximum absolute atomic E-state index is 5.25. The lowest BCUT2D eigenvalue weighted by Crippen LogP contribution is -1.98. The van der Waals surface area contributed by atoms with Gasteiger partial charge in [-0.3, -0.25) is 0 Å². The van der Waals surface area contributed by atoms with Crippen LogP contribution in [0.25, 0.3) is 11.1 Å². The van der Waals surface area contributed by atoms with E-state index < -0.39 is 0 Å². The third-order valence-corrected chi connectivity index (χ3v) is 4.00. The molecule has 0 N–H and O–H groups in total. The zero-order valence-corrected chi connectivity index (χ0v) is 11.8. The first-order valence-corrected chi connectivity index (χ1v) is 6.84. The third-order valence-electron chi connectivity index (χ3n) is 4.00. The van der Waals surface area contributed by atoms with Crippen LogP contribution in [0.3, 0.4) is 0 Å². The van der Waals surface area contributed by atoms with Crippen LogP contribution in [0, 0.1) is 13.8 Å². The van der Waals surface area contributed by atoms with Crippen molar-refractivity contribution in [1.29, 1.82) is 0 Å². The lowest BCUT2D eigenvalue weighted by molar-refractivity contribution is 0.396. The highest BCUT2D eigenvalue weighted by atomic mass is 16.5. The van der Waals surface area contributed by atoms with E-state index >= 15 is 0 Å². The molecule has 1 aromatic carbocycles. The van der Waals surface area contributed by atoms with Gasteiger partial charge < -0.3 is 4.74 Å². The Kier molecular flexibility index (Phi) is 3.02. The van der Waals surface area contributed by atoms with Crippen molar-refractivity contribution in [2.75, 3.05) is 7.11 Å². The van der Waals surface area contributed by atoms with Gasteiger partial charge in [-0.25, -0.2) is 4.98 Å². The number of nitrogens with zero attached hydrogens (tertiary/aromatic N) is 1. The van der Waals surface area contributed by atoms with Gasteiger partial charge in [-0.2, -0.15) is 0 Å². The molecule has 0 saturated heterocycles. The Bertz CT molecular complexity index is 608. The number of hydrogen-bond donors (Lipinski definition) is 0. The lowest BCUT2D eigenvalue weighted by Gasteiger charge is -2.14. The van der Waals surface area contributed by atoms with Crippen LogP contribution >= 0.6 is 0 Å². The number of aryl methyl sites for hydroxylation is 3. The highest BCUT2D eigenvalue weighted by Crippen LogP contribution is 2.36. The molecule has 1 aliphatic carbocycles. The van der Waals surface area contributed by atoms with Crippen molar-refractivity contribution in [3.05, 3.63) is 46.6 Å². The van der Waals surface area contributed by atoms with Crippen LogP contribution in [-0.2, 0) is 12.8 Å². The molecule has 0 radical (unpaired) electrons. The Labute approximate surface area is 114 Å². The molecular weight excluding hydrogens is 234 g/mol. The lowest BCUT2D eigenvalue weighted by atomic mass is 9.93. The molecule has 1 aromatic heterocycles. The van der Waals surface area contributed by atoms with Crippen LogP contribution in [0.5, 0.6) is 5.88 Å². The molecule has 2 aromatic rings. The van der Waals surface area contributed by atoms with Gasteiger partial charge in [-0.15, -0.1) is 0 Å². The Morgan fingerprint density at radius 3 is 2.74 bits per heavy atom. The number of methoxy groups -OCH3 is 1. The summed E-state index contributed by atoms with van der Waals surface area (Å²) in [5.74, 6) is 0.700. The second-order valence-corrected chi connectivity index (χ2v) is 5.24. The molecule has 2 heteroatoms. The minimum absolute atomic E-state index is 0.700. The fourth-order valence-corrected chi connectivity index (χ4v) is 3.16. The summed E-state index contributed by atoms with van der Waals surface area (Å²) in [5.41, 5.74) is 7.95. The molecule has 0 atom stereocenters. The van der Waals surface area contributed by atoms with Gasteiger partial charge in [0.2, 0.25) is 5.88 Å². The van der Waals surface area contributed by atoms with E-state index in [4.69, 9.17) is 4.74 Å². The van der Waals surface area contributed by atoms with Crippen LogP contribution in [-0.4, -0.2) is 12.1 Å². The number of aromatic nitrogens is 1. The standard InChI is InChI=1S/C17H19NO/c1-11-10-16(19-3)18-12(2)17(11)15-9-5-7-13-6-4-8-14(13)15/h5,7,9-10H,4,6,8H2,1-3H3. The first-order chi connectivity index (χ1) is 9.20. The normalized spacial score (nSPS) is 13.4. The van der Waals surface area contributed by atoms with E-state index in [0.717, 1.165) is 5.69 Å². The summed E-state index contributed by atoms with van der Waals surface area (Å²) in [4.78, 5) is 4.53. The van der Waals surface area contributed by atoms with Crippen molar-refractivity contribution in [3.8, 4) is 17.0 Å². The molecule has 1 heterocycles. The number of ether oxygens (including phenoxy) is 1. The summed E-state index contributed by atoms with van der Waals surface area (Å²) in [5, 5.41) is 0. The van der Waals surface area contributed by atoms with E-state index in [9.17, 15) is 0 Å². The van der Waals surface area contributed by atoms with Crippen molar-refractivity contribution >= 4 is 0 Å². The van der Waals surface area contributed by atoms with Crippen molar-refractivity contribution < 1.29 is 4.74 Å². The maximum atomic E-state index is 5.25. The second-order valence-electron chi connectivity index (χ2n) is 5.24. The summed E-state index contributed by atoms with van der Waals surface area (Å²) in [7, 11) is 1.67. The Balaban J connectivity index is 2.21. The van der Waals surface area contributed by atoms with Crippen LogP contribution in [0.1, 0.15) is 28.8 Å². The molecule has 0 aliphatic heterocycles. The second kappa shape index (κ2) is 4.69. The molecule has 98 valence electrons. The molecule has 0 saturated carbocycles. The number of benzene rings is 1. The minimum Gasteiger partial charge on any atom is -0.481 e. The summed E-state index contributed by atoms with van der Waals surface area (Å²) in [6, 6.07) is 8.68. The Morgan fingerprint density at radius 1 is 1.16 bits per heavy atom. The number of hydrogen-bond acceptors (Lipinski definition) is 2. The molecule has 0 spiro atoms. The average molecular weight is 253 g/mol. The molecule has 1 aliphatic rings. The first-order valence-electron chi connectivity index (χ1n) is 6.84. The molecule has 0 unspecified atom stereocenters. The summed E-state index contributed by atoms with van der Waals surface area (Å²) < 4.78 is 5.25. The van der Waals surface area contributed by atoms with Crippen molar-refractivity contribution in [2.24, 2.45) is 0 Å². The largest absolute Gasteiger partial charge is 0.481 e. The van der Waals surface area contributed by atoms with E-state index in [2.05, 4.69) is 37.0 Å². The summed E-state index contributed by atoms with van der Waals surface area (Å²) >= 11 is 0. The monoisotopic (exact) mass is 253 g/mol. The highest BCUT2D eigenvalue weighted by molar-refractivity contribution is 5.74. The number of pyridine rings is 1. The fraction of sp³-hybridized carbons (Fsp3) is 0.353. The minimum atomic E-state index is 0.700. The van der Waals surface area contributed by atoms with Crippen LogP contribution in [0.15, 0.2) is 24.3 Å². The van der Waals surface area contributed by atoms with Gasteiger partial charge in [-0.05, 0) is 55.4 Å². The van der Waals surface area contributed by atoms with Gasteiger partial charge >= 0.3 is 0 Å². The van der Waals surface area contributed by atoms with Gasteiger partial charge in [0.25, 0.3) is 0 Å². The fourth-order valence-electron chi connectivity index (χ4n) is 3.16. The number of rotatable bonds is 2. The number of fused-ring (bicyclic) bond motifs is 1. The van der Waals surface area contributed by atoms with E-state index in [-0.39, 0.29) is 0 Å².